The van der Waals surface area contributed by atoms with Crippen molar-refractivity contribution in [3.8, 4) is 16.9 Å². The van der Waals surface area contributed by atoms with Crippen LogP contribution in [0.2, 0.25) is 0 Å². The van der Waals surface area contributed by atoms with Gasteiger partial charge in [0, 0.05) is 30.3 Å². The highest BCUT2D eigenvalue weighted by molar-refractivity contribution is 5.95. The summed E-state index contributed by atoms with van der Waals surface area (Å²) in [5.41, 5.74) is 2.29. The number of para-hydroxylation sites is 1. The van der Waals surface area contributed by atoms with Crippen molar-refractivity contribution in [3.05, 3.63) is 78.3 Å². The molecule has 2 aromatic carbocycles. The summed E-state index contributed by atoms with van der Waals surface area (Å²) in [7, 11) is 0. The van der Waals surface area contributed by atoms with Crippen LogP contribution in [0.1, 0.15) is 29.0 Å². The van der Waals surface area contributed by atoms with E-state index < -0.39 is 0 Å². The number of piperidine rings is 1. The van der Waals surface area contributed by atoms with Crippen LogP contribution >= 0.6 is 0 Å². The molecule has 5 nitrogen and oxygen atoms in total. The summed E-state index contributed by atoms with van der Waals surface area (Å²) in [5.74, 6) is 1.17. The Hall–Kier alpha value is -3.05. The zero-order chi connectivity index (χ0) is 19.3. The molecule has 0 atom stereocenters. The van der Waals surface area contributed by atoms with E-state index >= 15 is 0 Å². The number of rotatable bonds is 5. The van der Waals surface area contributed by atoms with Crippen LogP contribution in [0, 0.1) is 0 Å². The highest BCUT2D eigenvalue weighted by atomic mass is 16.3. The van der Waals surface area contributed by atoms with Gasteiger partial charge in [0.15, 0.2) is 0 Å². The van der Waals surface area contributed by atoms with Gasteiger partial charge >= 0.3 is 0 Å². The molecule has 1 aliphatic heterocycles. The molecule has 1 aliphatic rings. The molecule has 144 valence electrons. The fraction of sp³-hybridized carbons (Fsp3) is 0.261. The topological polar surface area (TPSA) is 65.7 Å². The third-order valence-corrected chi connectivity index (χ3v) is 5.24. The number of hydrogen-bond acceptors (Lipinski definition) is 4. The van der Waals surface area contributed by atoms with Crippen LogP contribution < -0.4 is 5.32 Å². The molecule has 1 aromatic heterocycles. The van der Waals surface area contributed by atoms with Crippen molar-refractivity contribution in [2.75, 3.05) is 13.1 Å². The molecule has 0 radical (unpaired) electrons. The first kappa shape index (κ1) is 18.3. The Morgan fingerprint density at radius 2 is 1.79 bits per heavy atom. The number of carbonyl (C=O) groups excluding carboxylic acids is 1. The smallest absolute Gasteiger partial charge is 0.251 e. The van der Waals surface area contributed by atoms with Gasteiger partial charge < -0.3 is 14.8 Å². The lowest BCUT2D eigenvalue weighted by atomic mass is 10.0. The summed E-state index contributed by atoms with van der Waals surface area (Å²) in [6.45, 7) is 2.71. The Balaban J connectivity index is 1.31. The second-order valence-corrected chi connectivity index (χ2v) is 7.20. The van der Waals surface area contributed by atoms with Gasteiger partial charge in [0.25, 0.3) is 5.91 Å². The summed E-state index contributed by atoms with van der Waals surface area (Å²) < 4.78 is 5.41. The van der Waals surface area contributed by atoms with Crippen molar-refractivity contribution in [1.82, 2.24) is 10.2 Å². The quantitative estimate of drug-likeness (QED) is 0.705. The number of nitrogens with one attached hydrogen (secondary N) is 1. The van der Waals surface area contributed by atoms with Gasteiger partial charge in [-0.3, -0.25) is 9.69 Å². The predicted molar refractivity (Wildman–Crippen MR) is 108 cm³/mol. The third-order valence-electron chi connectivity index (χ3n) is 5.24. The molecular weight excluding hydrogens is 352 g/mol. The summed E-state index contributed by atoms with van der Waals surface area (Å²) >= 11 is 0. The van der Waals surface area contributed by atoms with E-state index in [4.69, 9.17) is 4.42 Å². The molecule has 4 rings (SSSR count). The lowest BCUT2D eigenvalue weighted by Gasteiger charge is -2.31. The first-order valence-electron chi connectivity index (χ1n) is 9.63. The third kappa shape index (κ3) is 4.26. The average Bonchev–Trinajstić information content (AvgIpc) is 3.23. The number of furan rings is 1. The standard InChI is InChI=1S/C23H24N2O3/c26-22-6-2-1-5-21(22)17-7-9-18(10-8-17)23(27)24-19-11-13-25(14-12-19)16-20-4-3-15-28-20/h1-10,15,19,26H,11-14,16H2,(H,24,27). The van der Waals surface area contributed by atoms with Crippen LogP contribution in [0.5, 0.6) is 5.75 Å². The molecular formula is C23H24N2O3. The molecule has 0 unspecified atom stereocenters. The van der Waals surface area contributed by atoms with E-state index in [1.807, 2.05) is 48.5 Å². The average molecular weight is 376 g/mol. The maximum absolute atomic E-state index is 12.6. The Bertz CT molecular complexity index is 911. The lowest BCUT2D eigenvalue weighted by Crippen LogP contribution is -2.44. The first-order valence-corrected chi connectivity index (χ1v) is 9.63. The largest absolute Gasteiger partial charge is 0.507 e. The summed E-state index contributed by atoms with van der Waals surface area (Å²) in [4.78, 5) is 14.9. The number of phenols is 1. The lowest BCUT2D eigenvalue weighted by molar-refractivity contribution is 0.0906. The fourth-order valence-corrected chi connectivity index (χ4v) is 3.65. The number of aromatic hydroxyl groups is 1. The van der Waals surface area contributed by atoms with E-state index in [1.165, 1.54) is 0 Å². The van der Waals surface area contributed by atoms with Gasteiger partial charge in [0.05, 0.1) is 12.8 Å². The SMILES string of the molecule is O=C(NC1CCN(Cc2ccco2)CC1)c1ccc(-c2ccccc2O)cc1. The van der Waals surface area contributed by atoms with E-state index in [-0.39, 0.29) is 17.7 Å². The molecule has 1 fully saturated rings. The van der Waals surface area contributed by atoms with E-state index in [9.17, 15) is 9.90 Å². The molecule has 0 saturated carbocycles. The normalized spacial score (nSPS) is 15.4. The maximum atomic E-state index is 12.6. The van der Waals surface area contributed by atoms with Crippen molar-refractivity contribution < 1.29 is 14.3 Å². The Morgan fingerprint density at radius 1 is 1.04 bits per heavy atom. The molecule has 1 saturated heterocycles. The van der Waals surface area contributed by atoms with Crippen molar-refractivity contribution in [1.29, 1.82) is 0 Å². The van der Waals surface area contributed by atoms with Crippen LogP contribution in [0.3, 0.4) is 0 Å². The van der Waals surface area contributed by atoms with Gasteiger partial charge in [-0.05, 0) is 48.7 Å². The molecule has 28 heavy (non-hydrogen) atoms. The minimum absolute atomic E-state index is 0.0479. The van der Waals surface area contributed by atoms with Gasteiger partial charge in [0.2, 0.25) is 0 Å². The number of phenolic OH excluding ortho intramolecular Hbond substituents is 1. The van der Waals surface area contributed by atoms with Crippen LogP contribution in [-0.4, -0.2) is 35.0 Å². The van der Waals surface area contributed by atoms with Crippen molar-refractivity contribution in [2.45, 2.75) is 25.4 Å². The van der Waals surface area contributed by atoms with Gasteiger partial charge in [-0.25, -0.2) is 0 Å². The second kappa shape index (κ2) is 8.31. The molecule has 0 aliphatic carbocycles. The monoisotopic (exact) mass is 376 g/mol. The van der Waals surface area contributed by atoms with E-state index in [2.05, 4.69) is 10.2 Å². The molecule has 3 aromatic rings. The van der Waals surface area contributed by atoms with Crippen LogP contribution in [0.4, 0.5) is 0 Å². The minimum Gasteiger partial charge on any atom is -0.507 e. The van der Waals surface area contributed by atoms with Gasteiger partial charge in [0.1, 0.15) is 11.5 Å². The van der Waals surface area contributed by atoms with Crippen LogP contribution in [0.15, 0.2) is 71.3 Å². The van der Waals surface area contributed by atoms with Gasteiger partial charge in [-0.15, -0.1) is 0 Å². The zero-order valence-corrected chi connectivity index (χ0v) is 15.7. The van der Waals surface area contributed by atoms with Crippen molar-refractivity contribution in [2.24, 2.45) is 0 Å². The highest BCUT2D eigenvalue weighted by Gasteiger charge is 2.21. The predicted octanol–water partition coefficient (Wildman–Crippen LogP) is 4.05. The fourth-order valence-electron chi connectivity index (χ4n) is 3.65. The number of hydrogen-bond donors (Lipinski definition) is 2. The first-order chi connectivity index (χ1) is 13.7. The van der Waals surface area contributed by atoms with Crippen LogP contribution in [0.25, 0.3) is 11.1 Å². The van der Waals surface area contributed by atoms with Gasteiger partial charge in [-0.1, -0.05) is 30.3 Å². The molecule has 1 amide bonds. The number of carbonyl (C=O) groups is 1. The Morgan fingerprint density at radius 3 is 2.46 bits per heavy atom. The van der Waals surface area contributed by atoms with Crippen molar-refractivity contribution in [3.63, 3.8) is 0 Å². The highest BCUT2D eigenvalue weighted by Crippen LogP contribution is 2.28. The Labute approximate surface area is 164 Å². The van der Waals surface area contributed by atoms with E-state index in [0.717, 1.165) is 49.4 Å². The summed E-state index contributed by atoms with van der Waals surface area (Å²) in [6.07, 6.45) is 3.57. The zero-order valence-electron chi connectivity index (χ0n) is 15.7. The number of nitrogens with zero attached hydrogens (tertiary/aromatic N) is 1. The Kier molecular flexibility index (Phi) is 5.44. The molecule has 2 N–H and O–H groups in total. The minimum atomic E-state index is -0.0479. The summed E-state index contributed by atoms with van der Waals surface area (Å²) in [6, 6.07) is 18.7. The van der Waals surface area contributed by atoms with Crippen molar-refractivity contribution >= 4 is 5.91 Å². The number of amides is 1. The molecule has 5 heteroatoms. The number of benzene rings is 2. The molecule has 2 heterocycles. The maximum Gasteiger partial charge on any atom is 0.251 e. The van der Waals surface area contributed by atoms with Gasteiger partial charge in [-0.2, -0.15) is 0 Å². The van der Waals surface area contributed by atoms with E-state index in [1.54, 1.807) is 18.4 Å². The second-order valence-electron chi connectivity index (χ2n) is 7.20. The molecule has 0 bridgehead atoms. The summed E-state index contributed by atoms with van der Waals surface area (Å²) in [5, 5.41) is 13.1. The molecule has 0 spiro atoms. The van der Waals surface area contributed by atoms with Crippen LogP contribution in [-0.2, 0) is 6.54 Å². The number of likely N-dealkylation sites (tertiary alicyclic amines) is 1. The van der Waals surface area contributed by atoms with E-state index in [0.29, 0.717) is 5.56 Å².